The number of likely N-dealkylation sites (tertiary alicyclic amines) is 1. The Kier molecular flexibility index (Phi) is 3.13. The highest BCUT2D eigenvalue weighted by molar-refractivity contribution is 7.16. The van der Waals surface area contributed by atoms with Gasteiger partial charge in [0.2, 0.25) is 4.96 Å². The second-order valence-corrected chi connectivity index (χ2v) is 5.65. The Morgan fingerprint density at radius 1 is 1.39 bits per heavy atom. The smallest absolute Gasteiger partial charge is 0.275 e. The molecule has 0 amide bonds. The molecule has 0 radical (unpaired) electrons. The summed E-state index contributed by atoms with van der Waals surface area (Å²) in [5, 5.41) is 5.21. The van der Waals surface area contributed by atoms with Crippen molar-refractivity contribution >= 4 is 16.3 Å². The molecule has 0 spiro atoms. The molecule has 1 aliphatic heterocycles. The van der Waals surface area contributed by atoms with Gasteiger partial charge < -0.3 is 0 Å². The van der Waals surface area contributed by atoms with Crippen molar-refractivity contribution < 1.29 is 0 Å². The maximum absolute atomic E-state index is 12.0. The van der Waals surface area contributed by atoms with Crippen molar-refractivity contribution in [2.45, 2.75) is 32.7 Å². The lowest BCUT2D eigenvalue weighted by molar-refractivity contribution is 0.327. The van der Waals surface area contributed by atoms with Gasteiger partial charge in [-0.2, -0.15) is 9.61 Å². The molecule has 3 rings (SSSR count). The van der Waals surface area contributed by atoms with E-state index in [1.165, 1.54) is 28.7 Å². The molecule has 0 aromatic carbocycles. The van der Waals surface area contributed by atoms with E-state index < -0.39 is 0 Å². The van der Waals surface area contributed by atoms with Crippen molar-refractivity contribution in [2.24, 2.45) is 0 Å². The second kappa shape index (κ2) is 4.78. The molecule has 2 aromatic heterocycles. The minimum Gasteiger partial charge on any atom is -0.298 e. The molecular formula is C12H16N4OS. The zero-order chi connectivity index (χ0) is 12.5. The summed E-state index contributed by atoms with van der Waals surface area (Å²) in [6.45, 7) is 5.05. The van der Waals surface area contributed by atoms with Gasteiger partial charge in [-0.25, -0.2) is 4.98 Å². The zero-order valence-electron chi connectivity index (χ0n) is 10.4. The van der Waals surface area contributed by atoms with E-state index in [1.54, 1.807) is 6.07 Å². The van der Waals surface area contributed by atoms with Crippen LogP contribution in [0.4, 0.5) is 0 Å². The van der Waals surface area contributed by atoms with Crippen LogP contribution >= 0.6 is 11.3 Å². The van der Waals surface area contributed by atoms with Crippen molar-refractivity contribution in [1.29, 1.82) is 0 Å². The second-order valence-electron chi connectivity index (χ2n) is 4.61. The van der Waals surface area contributed by atoms with Crippen molar-refractivity contribution in [3.8, 4) is 0 Å². The summed E-state index contributed by atoms with van der Waals surface area (Å²) in [7, 11) is 0. The average Bonchev–Trinajstić information content (AvgIpc) is 2.97. The molecule has 96 valence electrons. The highest BCUT2D eigenvalue weighted by atomic mass is 32.1. The standard InChI is InChI=1S/C12H16N4OS/c1-2-10-14-16-11(17)7-9(13-12(16)18-10)8-15-5-3-4-6-15/h7H,2-6,8H2,1H3. The topological polar surface area (TPSA) is 50.5 Å². The maximum atomic E-state index is 12.0. The SMILES string of the molecule is CCc1nn2c(=O)cc(CN3CCCC3)nc2s1. The van der Waals surface area contributed by atoms with E-state index in [2.05, 4.69) is 15.0 Å². The fraction of sp³-hybridized carbons (Fsp3) is 0.583. The van der Waals surface area contributed by atoms with E-state index >= 15 is 0 Å². The third kappa shape index (κ3) is 2.18. The van der Waals surface area contributed by atoms with Crippen LogP contribution in [0.1, 0.15) is 30.5 Å². The van der Waals surface area contributed by atoms with Crippen LogP contribution in [-0.2, 0) is 13.0 Å². The molecular weight excluding hydrogens is 248 g/mol. The quantitative estimate of drug-likeness (QED) is 0.838. The van der Waals surface area contributed by atoms with Gasteiger partial charge >= 0.3 is 0 Å². The molecule has 6 heteroatoms. The number of aryl methyl sites for hydroxylation is 1. The Morgan fingerprint density at radius 3 is 2.89 bits per heavy atom. The molecule has 2 aromatic rings. The highest BCUT2D eigenvalue weighted by Gasteiger charge is 2.14. The largest absolute Gasteiger partial charge is 0.298 e. The summed E-state index contributed by atoms with van der Waals surface area (Å²) in [4.78, 5) is 19.6. The summed E-state index contributed by atoms with van der Waals surface area (Å²) >= 11 is 1.51. The first-order chi connectivity index (χ1) is 8.76. The lowest BCUT2D eigenvalue weighted by atomic mass is 10.4. The Balaban J connectivity index is 1.95. The molecule has 18 heavy (non-hydrogen) atoms. The van der Waals surface area contributed by atoms with Gasteiger partial charge in [-0.3, -0.25) is 9.69 Å². The molecule has 0 N–H and O–H groups in total. The van der Waals surface area contributed by atoms with E-state index in [0.29, 0.717) is 4.96 Å². The third-order valence-corrected chi connectivity index (χ3v) is 4.28. The predicted octanol–water partition coefficient (Wildman–Crippen LogP) is 1.31. The predicted molar refractivity (Wildman–Crippen MR) is 71.0 cm³/mol. The number of rotatable bonds is 3. The summed E-state index contributed by atoms with van der Waals surface area (Å²) in [5.41, 5.74) is 0.804. The fourth-order valence-corrected chi connectivity index (χ4v) is 3.15. The van der Waals surface area contributed by atoms with Crippen molar-refractivity contribution in [3.05, 3.63) is 27.1 Å². The minimum atomic E-state index is -0.0647. The lowest BCUT2D eigenvalue weighted by Gasteiger charge is -2.13. The van der Waals surface area contributed by atoms with Gasteiger partial charge in [0, 0.05) is 12.6 Å². The van der Waals surface area contributed by atoms with Crippen molar-refractivity contribution in [2.75, 3.05) is 13.1 Å². The van der Waals surface area contributed by atoms with Crippen LogP contribution in [0.5, 0.6) is 0 Å². The average molecular weight is 264 g/mol. The van der Waals surface area contributed by atoms with Crippen LogP contribution < -0.4 is 5.56 Å². The van der Waals surface area contributed by atoms with E-state index in [0.717, 1.165) is 36.8 Å². The van der Waals surface area contributed by atoms with Crippen LogP contribution in [0.15, 0.2) is 10.9 Å². The molecule has 0 aliphatic carbocycles. The molecule has 5 nitrogen and oxygen atoms in total. The molecule has 0 unspecified atom stereocenters. The normalized spacial score (nSPS) is 16.7. The van der Waals surface area contributed by atoms with Gasteiger partial charge in [0.15, 0.2) is 0 Å². The van der Waals surface area contributed by atoms with E-state index in [-0.39, 0.29) is 5.56 Å². The van der Waals surface area contributed by atoms with E-state index in [1.807, 2.05) is 6.92 Å². The van der Waals surface area contributed by atoms with Crippen LogP contribution in [-0.4, -0.2) is 32.6 Å². The van der Waals surface area contributed by atoms with Gasteiger partial charge in [0.05, 0.1) is 5.69 Å². The molecule has 1 aliphatic rings. The lowest BCUT2D eigenvalue weighted by Crippen LogP contribution is -2.22. The fourth-order valence-electron chi connectivity index (χ4n) is 2.29. The first-order valence-corrected chi connectivity index (χ1v) is 7.19. The highest BCUT2D eigenvalue weighted by Crippen LogP contribution is 2.14. The number of fused-ring (bicyclic) bond motifs is 1. The van der Waals surface area contributed by atoms with Gasteiger partial charge in [-0.05, 0) is 32.4 Å². The van der Waals surface area contributed by atoms with E-state index in [4.69, 9.17) is 0 Å². The van der Waals surface area contributed by atoms with Crippen molar-refractivity contribution in [3.63, 3.8) is 0 Å². The van der Waals surface area contributed by atoms with Gasteiger partial charge in [-0.15, -0.1) is 0 Å². The Labute approximate surface area is 109 Å². The molecule has 0 bridgehead atoms. The van der Waals surface area contributed by atoms with E-state index in [9.17, 15) is 4.79 Å². The number of hydrogen-bond acceptors (Lipinski definition) is 5. The summed E-state index contributed by atoms with van der Waals surface area (Å²) in [6.07, 6.45) is 3.35. The van der Waals surface area contributed by atoms with Gasteiger partial charge in [0.1, 0.15) is 5.01 Å². The van der Waals surface area contributed by atoms with Crippen LogP contribution in [0.2, 0.25) is 0 Å². The monoisotopic (exact) mass is 264 g/mol. The number of aromatic nitrogens is 3. The molecule has 3 heterocycles. The van der Waals surface area contributed by atoms with Crippen LogP contribution in [0, 0.1) is 0 Å². The van der Waals surface area contributed by atoms with Gasteiger partial charge in [-0.1, -0.05) is 18.3 Å². The minimum absolute atomic E-state index is 0.0647. The molecule has 0 saturated carbocycles. The summed E-state index contributed by atoms with van der Waals surface area (Å²) in [5.74, 6) is 0. The Morgan fingerprint density at radius 2 is 2.17 bits per heavy atom. The molecule has 0 atom stereocenters. The first-order valence-electron chi connectivity index (χ1n) is 6.37. The maximum Gasteiger partial charge on any atom is 0.275 e. The van der Waals surface area contributed by atoms with Crippen LogP contribution in [0.25, 0.3) is 4.96 Å². The zero-order valence-corrected chi connectivity index (χ0v) is 11.2. The third-order valence-electron chi connectivity index (χ3n) is 3.23. The van der Waals surface area contributed by atoms with Crippen molar-refractivity contribution in [1.82, 2.24) is 19.5 Å². The van der Waals surface area contributed by atoms with Crippen LogP contribution in [0.3, 0.4) is 0 Å². The number of nitrogens with zero attached hydrogens (tertiary/aromatic N) is 4. The Bertz CT molecular complexity index is 612. The summed E-state index contributed by atoms with van der Waals surface area (Å²) < 4.78 is 1.41. The first kappa shape index (κ1) is 11.8. The Hall–Kier alpha value is -1.27. The summed E-state index contributed by atoms with van der Waals surface area (Å²) in [6, 6.07) is 1.62. The number of hydrogen-bond donors (Lipinski definition) is 0. The van der Waals surface area contributed by atoms with Gasteiger partial charge in [0.25, 0.3) is 5.56 Å². The molecule has 1 fully saturated rings. The molecule has 1 saturated heterocycles.